The first-order valence-electron chi connectivity index (χ1n) is 7.49. The van der Waals surface area contributed by atoms with Crippen molar-refractivity contribution in [3.05, 3.63) is 41.2 Å². The van der Waals surface area contributed by atoms with Crippen molar-refractivity contribution in [1.82, 2.24) is 19.9 Å². The Morgan fingerprint density at radius 1 is 1.35 bits per heavy atom. The molecular formula is C16H18N4O3. The fourth-order valence-electron chi connectivity index (χ4n) is 2.57. The van der Waals surface area contributed by atoms with Crippen molar-refractivity contribution in [2.45, 2.75) is 32.7 Å². The molecule has 7 heteroatoms. The first-order chi connectivity index (χ1) is 11.0. The Labute approximate surface area is 133 Å². The van der Waals surface area contributed by atoms with Gasteiger partial charge in [-0.15, -0.1) is 5.10 Å². The summed E-state index contributed by atoms with van der Waals surface area (Å²) in [4.78, 5) is 25.0. The number of hydrogen-bond acceptors (Lipinski definition) is 4. The summed E-state index contributed by atoms with van der Waals surface area (Å²) in [6, 6.07) is 7.73. The third-order valence-corrected chi connectivity index (χ3v) is 3.90. The smallest absolute Gasteiger partial charge is 0.323 e. The second kappa shape index (κ2) is 5.83. The van der Waals surface area contributed by atoms with Crippen molar-refractivity contribution in [2.24, 2.45) is 0 Å². The molecule has 120 valence electrons. The zero-order valence-electron chi connectivity index (χ0n) is 13.1. The van der Waals surface area contributed by atoms with E-state index in [9.17, 15) is 9.59 Å². The highest BCUT2D eigenvalue weighted by Crippen LogP contribution is 2.28. The molecule has 1 amide bonds. The Morgan fingerprint density at radius 2 is 2.09 bits per heavy atom. The van der Waals surface area contributed by atoms with Gasteiger partial charge in [0.2, 0.25) is 0 Å². The van der Waals surface area contributed by atoms with E-state index in [1.807, 2.05) is 31.2 Å². The van der Waals surface area contributed by atoms with Crippen LogP contribution >= 0.6 is 0 Å². The maximum absolute atomic E-state index is 12.6. The minimum absolute atomic E-state index is 0.00196. The number of aliphatic carboxylic acids is 1. The minimum atomic E-state index is -1.02. The fraction of sp³-hybridized carbons (Fsp3) is 0.375. The number of carbonyl (C=O) groups is 2. The summed E-state index contributed by atoms with van der Waals surface area (Å²) in [6.07, 6.45) is 1.67. The van der Waals surface area contributed by atoms with Gasteiger partial charge in [0.05, 0.1) is 11.4 Å². The number of nitrogens with zero attached hydrogens (tertiary/aromatic N) is 4. The van der Waals surface area contributed by atoms with Crippen LogP contribution in [0.25, 0.3) is 5.69 Å². The molecule has 0 bridgehead atoms. The lowest BCUT2D eigenvalue weighted by molar-refractivity contribution is -0.137. The van der Waals surface area contributed by atoms with Gasteiger partial charge in [-0.2, -0.15) is 0 Å². The molecule has 1 aliphatic rings. The Balaban J connectivity index is 1.91. The van der Waals surface area contributed by atoms with Gasteiger partial charge in [0, 0.05) is 6.04 Å². The Hall–Kier alpha value is -2.70. The first kappa shape index (κ1) is 15.2. The van der Waals surface area contributed by atoms with E-state index in [1.54, 1.807) is 11.6 Å². The molecule has 1 saturated carbocycles. The van der Waals surface area contributed by atoms with Crippen LogP contribution in [0, 0.1) is 13.8 Å². The summed E-state index contributed by atoms with van der Waals surface area (Å²) in [6.45, 7) is 3.44. The van der Waals surface area contributed by atoms with E-state index in [2.05, 4.69) is 10.3 Å². The number of rotatable bonds is 5. The summed E-state index contributed by atoms with van der Waals surface area (Å²) in [5.41, 5.74) is 2.72. The van der Waals surface area contributed by atoms with E-state index >= 15 is 0 Å². The molecular weight excluding hydrogens is 296 g/mol. The fourth-order valence-corrected chi connectivity index (χ4v) is 2.57. The molecule has 0 saturated heterocycles. The Kier molecular flexibility index (Phi) is 3.85. The molecule has 1 aromatic heterocycles. The number of hydrogen-bond donors (Lipinski definition) is 1. The number of benzene rings is 1. The molecule has 0 unspecified atom stereocenters. The second-order valence-electron chi connectivity index (χ2n) is 5.83. The molecule has 0 aliphatic heterocycles. The summed E-state index contributed by atoms with van der Waals surface area (Å²) >= 11 is 0. The molecule has 7 nitrogen and oxygen atoms in total. The molecule has 2 aromatic rings. The van der Waals surface area contributed by atoms with Crippen LogP contribution in [0.2, 0.25) is 0 Å². The largest absolute Gasteiger partial charge is 0.480 e. The standard InChI is InChI=1S/C16H18N4O3/c1-10-4-3-5-13(8-10)20-11(2)15(17-18-20)16(23)19(9-14(21)22)12-6-7-12/h3-5,8,12H,6-7,9H2,1-2H3,(H,21,22). The molecule has 0 spiro atoms. The Bertz CT molecular complexity index is 764. The highest BCUT2D eigenvalue weighted by Gasteiger charge is 2.36. The lowest BCUT2D eigenvalue weighted by Crippen LogP contribution is -2.38. The van der Waals surface area contributed by atoms with E-state index in [-0.39, 0.29) is 24.2 Å². The number of aryl methyl sites for hydroxylation is 1. The number of aromatic nitrogens is 3. The number of amides is 1. The lowest BCUT2D eigenvalue weighted by Gasteiger charge is -2.19. The Morgan fingerprint density at radius 3 is 2.70 bits per heavy atom. The molecule has 1 aromatic carbocycles. The molecule has 0 radical (unpaired) electrons. The summed E-state index contributed by atoms with van der Waals surface area (Å²) in [5, 5.41) is 17.1. The average Bonchev–Trinajstić information content (AvgIpc) is 3.26. The molecule has 1 aliphatic carbocycles. The summed E-state index contributed by atoms with van der Waals surface area (Å²) < 4.78 is 1.60. The van der Waals surface area contributed by atoms with Crippen molar-refractivity contribution in [2.75, 3.05) is 6.54 Å². The average molecular weight is 314 g/mol. The zero-order valence-corrected chi connectivity index (χ0v) is 13.1. The molecule has 1 heterocycles. The van der Waals surface area contributed by atoms with Crippen LogP contribution in [0.3, 0.4) is 0 Å². The van der Waals surface area contributed by atoms with Gasteiger partial charge in [-0.3, -0.25) is 9.59 Å². The van der Waals surface area contributed by atoms with Gasteiger partial charge in [0.15, 0.2) is 5.69 Å². The quantitative estimate of drug-likeness (QED) is 0.905. The summed E-state index contributed by atoms with van der Waals surface area (Å²) in [7, 11) is 0. The summed E-state index contributed by atoms with van der Waals surface area (Å²) in [5.74, 6) is -1.39. The highest BCUT2D eigenvalue weighted by atomic mass is 16.4. The third kappa shape index (κ3) is 3.08. The van der Waals surface area contributed by atoms with Crippen LogP contribution in [-0.2, 0) is 4.79 Å². The van der Waals surface area contributed by atoms with Gasteiger partial charge in [-0.1, -0.05) is 17.3 Å². The van der Waals surface area contributed by atoms with Crippen molar-refractivity contribution < 1.29 is 14.7 Å². The zero-order chi connectivity index (χ0) is 16.6. The normalized spacial score (nSPS) is 13.8. The van der Waals surface area contributed by atoms with Crippen molar-refractivity contribution >= 4 is 11.9 Å². The van der Waals surface area contributed by atoms with Gasteiger partial charge in [-0.05, 0) is 44.4 Å². The SMILES string of the molecule is Cc1cccc(-n2nnc(C(=O)N(CC(=O)O)C3CC3)c2C)c1. The van der Waals surface area contributed by atoms with Gasteiger partial charge in [0.1, 0.15) is 6.54 Å². The van der Waals surface area contributed by atoms with Crippen LogP contribution in [0.1, 0.15) is 34.6 Å². The monoisotopic (exact) mass is 314 g/mol. The van der Waals surface area contributed by atoms with Gasteiger partial charge in [-0.25, -0.2) is 4.68 Å². The number of carbonyl (C=O) groups excluding carboxylic acids is 1. The van der Waals surface area contributed by atoms with E-state index in [0.717, 1.165) is 24.1 Å². The molecule has 1 fully saturated rings. The second-order valence-corrected chi connectivity index (χ2v) is 5.83. The van der Waals surface area contributed by atoms with Crippen molar-refractivity contribution in [3.8, 4) is 5.69 Å². The lowest BCUT2D eigenvalue weighted by atomic mass is 10.2. The van der Waals surface area contributed by atoms with Crippen LogP contribution in [-0.4, -0.2) is 49.5 Å². The van der Waals surface area contributed by atoms with Crippen molar-refractivity contribution in [1.29, 1.82) is 0 Å². The van der Waals surface area contributed by atoms with E-state index in [1.165, 1.54) is 4.90 Å². The highest BCUT2D eigenvalue weighted by molar-refractivity contribution is 5.95. The van der Waals surface area contributed by atoms with E-state index in [4.69, 9.17) is 5.11 Å². The van der Waals surface area contributed by atoms with E-state index in [0.29, 0.717) is 5.69 Å². The molecule has 0 atom stereocenters. The van der Waals surface area contributed by atoms with Gasteiger partial charge >= 0.3 is 5.97 Å². The predicted octanol–water partition coefficient (Wildman–Crippen LogP) is 1.57. The van der Waals surface area contributed by atoms with Crippen LogP contribution in [0.4, 0.5) is 0 Å². The predicted molar refractivity (Wildman–Crippen MR) is 82.5 cm³/mol. The molecule has 3 rings (SSSR count). The minimum Gasteiger partial charge on any atom is -0.480 e. The molecule has 1 N–H and O–H groups in total. The topological polar surface area (TPSA) is 88.3 Å². The van der Waals surface area contributed by atoms with E-state index < -0.39 is 5.97 Å². The maximum Gasteiger partial charge on any atom is 0.323 e. The first-order valence-corrected chi connectivity index (χ1v) is 7.49. The van der Waals surface area contributed by atoms with Gasteiger partial charge < -0.3 is 10.0 Å². The van der Waals surface area contributed by atoms with Gasteiger partial charge in [0.25, 0.3) is 5.91 Å². The van der Waals surface area contributed by atoms with Crippen molar-refractivity contribution in [3.63, 3.8) is 0 Å². The third-order valence-electron chi connectivity index (χ3n) is 3.90. The maximum atomic E-state index is 12.6. The number of carboxylic acid groups (broad SMARTS) is 1. The van der Waals surface area contributed by atoms with Crippen LogP contribution in [0.5, 0.6) is 0 Å². The molecule has 23 heavy (non-hydrogen) atoms. The number of carboxylic acids is 1. The van der Waals surface area contributed by atoms with Crippen LogP contribution in [0.15, 0.2) is 24.3 Å². The van der Waals surface area contributed by atoms with Crippen LogP contribution < -0.4 is 0 Å².